The number of fused-ring (bicyclic) bond motifs is 1. The van der Waals surface area contributed by atoms with Gasteiger partial charge in [-0.05, 0) is 69.2 Å². The third-order valence-corrected chi connectivity index (χ3v) is 6.19. The van der Waals surface area contributed by atoms with E-state index in [0.29, 0.717) is 18.7 Å². The molecular formula is C23H27N3O2S. The normalized spacial score (nSPS) is 14.7. The highest BCUT2D eigenvalue weighted by Crippen LogP contribution is 2.32. The van der Waals surface area contributed by atoms with Crippen molar-refractivity contribution < 1.29 is 9.53 Å². The summed E-state index contributed by atoms with van der Waals surface area (Å²) >= 11 is 1.74. The van der Waals surface area contributed by atoms with Crippen LogP contribution in [0.25, 0.3) is 10.2 Å². The molecule has 0 bridgehead atoms. The minimum Gasteiger partial charge on any atom is -0.491 e. The van der Waals surface area contributed by atoms with Gasteiger partial charge in [0.05, 0.1) is 16.3 Å². The number of rotatable bonds is 4. The van der Waals surface area contributed by atoms with Crippen LogP contribution in [0.3, 0.4) is 0 Å². The highest BCUT2D eigenvalue weighted by Gasteiger charge is 2.24. The number of aromatic nitrogens is 1. The molecule has 0 N–H and O–H groups in total. The second kappa shape index (κ2) is 8.03. The van der Waals surface area contributed by atoms with Crippen LogP contribution in [-0.4, -0.2) is 48.1 Å². The predicted octanol–water partition coefficient (Wildman–Crippen LogP) is 4.66. The summed E-state index contributed by atoms with van der Waals surface area (Å²) in [5.74, 6) is 0.874. The van der Waals surface area contributed by atoms with Gasteiger partial charge in [-0.15, -0.1) is 0 Å². The Labute approximate surface area is 175 Å². The van der Waals surface area contributed by atoms with Gasteiger partial charge < -0.3 is 14.5 Å². The second-order valence-electron chi connectivity index (χ2n) is 7.90. The van der Waals surface area contributed by atoms with E-state index in [-0.39, 0.29) is 12.0 Å². The zero-order chi connectivity index (χ0) is 20.5. The fourth-order valence-corrected chi connectivity index (χ4v) is 4.92. The molecule has 0 aliphatic carbocycles. The van der Waals surface area contributed by atoms with Gasteiger partial charge in [0.25, 0.3) is 5.91 Å². The molecule has 0 radical (unpaired) electrons. The molecule has 0 saturated carbocycles. The van der Waals surface area contributed by atoms with E-state index in [0.717, 1.165) is 29.5 Å². The van der Waals surface area contributed by atoms with E-state index in [1.165, 1.54) is 15.8 Å². The number of carbonyl (C=O) groups is 1. The van der Waals surface area contributed by atoms with Gasteiger partial charge in [0, 0.05) is 31.7 Å². The van der Waals surface area contributed by atoms with Gasteiger partial charge in [-0.25, -0.2) is 4.98 Å². The van der Waals surface area contributed by atoms with E-state index in [1.807, 2.05) is 43.0 Å². The largest absolute Gasteiger partial charge is 0.491 e. The van der Waals surface area contributed by atoms with Crippen LogP contribution in [0.15, 0.2) is 36.4 Å². The molecule has 1 fully saturated rings. The number of ether oxygens (including phenoxy) is 1. The molecule has 6 heteroatoms. The number of thiazole rings is 1. The maximum absolute atomic E-state index is 12.9. The molecule has 0 unspecified atom stereocenters. The molecule has 5 nitrogen and oxygen atoms in total. The molecule has 0 atom stereocenters. The summed E-state index contributed by atoms with van der Waals surface area (Å²) in [7, 11) is 0. The van der Waals surface area contributed by atoms with E-state index in [2.05, 4.69) is 30.9 Å². The minimum atomic E-state index is 0.0801. The van der Waals surface area contributed by atoms with Crippen LogP contribution in [0.5, 0.6) is 5.75 Å². The van der Waals surface area contributed by atoms with Crippen molar-refractivity contribution >= 4 is 32.6 Å². The van der Waals surface area contributed by atoms with Gasteiger partial charge in [-0.2, -0.15) is 0 Å². The number of hydrogen-bond acceptors (Lipinski definition) is 5. The number of amides is 1. The second-order valence-corrected chi connectivity index (χ2v) is 8.90. The van der Waals surface area contributed by atoms with Crippen LogP contribution in [0, 0.1) is 13.8 Å². The van der Waals surface area contributed by atoms with E-state index in [9.17, 15) is 4.79 Å². The summed E-state index contributed by atoms with van der Waals surface area (Å²) in [5.41, 5.74) is 4.30. The third kappa shape index (κ3) is 4.22. The molecule has 29 heavy (non-hydrogen) atoms. The van der Waals surface area contributed by atoms with Crippen LogP contribution < -0.4 is 9.64 Å². The van der Waals surface area contributed by atoms with Crippen molar-refractivity contribution in [3.8, 4) is 5.75 Å². The van der Waals surface area contributed by atoms with E-state index in [1.54, 1.807) is 11.3 Å². The molecule has 4 rings (SSSR count). The fraction of sp³-hybridized carbons (Fsp3) is 0.391. The topological polar surface area (TPSA) is 45.7 Å². The van der Waals surface area contributed by atoms with Crippen molar-refractivity contribution in [3.05, 3.63) is 53.1 Å². The average molecular weight is 410 g/mol. The van der Waals surface area contributed by atoms with Crippen molar-refractivity contribution in [2.24, 2.45) is 0 Å². The van der Waals surface area contributed by atoms with Crippen molar-refractivity contribution in [2.75, 3.05) is 31.1 Å². The van der Waals surface area contributed by atoms with Crippen LogP contribution in [0.1, 0.15) is 35.3 Å². The maximum atomic E-state index is 12.9. The Morgan fingerprint density at radius 1 is 1.07 bits per heavy atom. The molecule has 1 saturated heterocycles. The quantitative estimate of drug-likeness (QED) is 0.629. The van der Waals surface area contributed by atoms with E-state index >= 15 is 0 Å². The minimum absolute atomic E-state index is 0.0801. The van der Waals surface area contributed by atoms with Crippen LogP contribution in [-0.2, 0) is 0 Å². The van der Waals surface area contributed by atoms with Crippen molar-refractivity contribution in [1.82, 2.24) is 9.88 Å². The number of aryl methyl sites for hydroxylation is 2. The Morgan fingerprint density at radius 2 is 1.76 bits per heavy atom. The Kier molecular flexibility index (Phi) is 5.46. The van der Waals surface area contributed by atoms with Gasteiger partial charge >= 0.3 is 0 Å². The number of anilines is 1. The zero-order valence-corrected chi connectivity index (χ0v) is 18.3. The average Bonchev–Trinajstić information content (AvgIpc) is 3.12. The first-order valence-electron chi connectivity index (χ1n) is 10.1. The number of nitrogens with zero attached hydrogens (tertiary/aromatic N) is 3. The van der Waals surface area contributed by atoms with Gasteiger partial charge in [-0.3, -0.25) is 4.79 Å². The lowest BCUT2D eigenvalue weighted by Gasteiger charge is -2.34. The van der Waals surface area contributed by atoms with Gasteiger partial charge in [0.15, 0.2) is 5.13 Å². The number of piperazine rings is 1. The lowest BCUT2D eigenvalue weighted by Crippen LogP contribution is -2.48. The van der Waals surface area contributed by atoms with Gasteiger partial charge in [-0.1, -0.05) is 17.4 Å². The van der Waals surface area contributed by atoms with Gasteiger partial charge in [0.2, 0.25) is 0 Å². The highest BCUT2D eigenvalue weighted by molar-refractivity contribution is 7.22. The molecule has 0 spiro atoms. The fourth-order valence-electron chi connectivity index (χ4n) is 3.73. The Morgan fingerprint density at radius 3 is 2.41 bits per heavy atom. The number of carbonyl (C=O) groups excluding carboxylic acids is 1. The first-order valence-corrected chi connectivity index (χ1v) is 10.9. The van der Waals surface area contributed by atoms with Crippen LogP contribution in [0.2, 0.25) is 0 Å². The lowest BCUT2D eigenvalue weighted by molar-refractivity contribution is 0.0746. The Balaban J connectivity index is 1.41. The molecule has 2 heterocycles. The summed E-state index contributed by atoms with van der Waals surface area (Å²) in [6, 6.07) is 11.8. The zero-order valence-electron chi connectivity index (χ0n) is 17.4. The first-order chi connectivity index (χ1) is 13.9. The molecule has 1 amide bonds. The number of hydrogen-bond donors (Lipinski definition) is 0. The molecule has 3 aromatic rings. The summed E-state index contributed by atoms with van der Waals surface area (Å²) in [6.45, 7) is 11.2. The van der Waals surface area contributed by atoms with Crippen LogP contribution >= 0.6 is 11.3 Å². The smallest absolute Gasteiger partial charge is 0.253 e. The maximum Gasteiger partial charge on any atom is 0.253 e. The summed E-state index contributed by atoms with van der Waals surface area (Å²) in [6.07, 6.45) is 0.125. The number of benzene rings is 2. The van der Waals surface area contributed by atoms with E-state index < -0.39 is 0 Å². The summed E-state index contributed by atoms with van der Waals surface area (Å²) in [4.78, 5) is 21.9. The van der Waals surface area contributed by atoms with Crippen molar-refractivity contribution in [3.63, 3.8) is 0 Å². The predicted molar refractivity (Wildman–Crippen MR) is 119 cm³/mol. The molecule has 1 aliphatic heterocycles. The molecule has 1 aliphatic rings. The van der Waals surface area contributed by atoms with Gasteiger partial charge in [0.1, 0.15) is 5.75 Å². The summed E-state index contributed by atoms with van der Waals surface area (Å²) in [5, 5.41) is 1.05. The monoisotopic (exact) mass is 409 g/mol. The van der Waals surface area contributed by atoms with Crippen molar-refractivity contribution in [1.29, 1.82) is 0 Å². The lowest BCUT2D eigenvalue weighted by atomic mass is 10.1. The molecule has 152 valence electrons. The third-order valence-electron chi connectivity index (χ3n) is 5.13. The Hall–Kier alpha value is -2.60. The SMILES string of the molecule is Cc1cc(C)c2nc(N3CCN(C(=O)c4ccc(OC(C)C)cc4)CC3)sc2c1. The van der Waals surface area contributed by atoms with Crippen molar-refractivity contribution in [2.45, 2.75) is 33.8 Å². The van der Waals surface area contributed by atoms with E-state index in [4.69, 9.17) is 9.72 Å². The summed E-state index contributed by atoms with van der Waals surface area (Å²) < 4.78 is 6.90. The Bertz CT molecular complexity index is 1020. The standard InChI is InChI=1S/C23H27N3O2S/c1-15(2)28-19-7-5-18(6-8-19)22(27)25-9-11-26(12-10-25)23-24-21-17(4)13-16(3)14-20(21)29-23/h5-8,13-15H,9-12H2,1-4H3. The molecule has 1 aromatic heterocycles. The van der Waals surface area contributed by atoms with Crippen LogP contribution in [0.4, 0.5) is 5.13 Å². The molecular weight excluding hydrogens is 382 g/mol. The highest BCUT2D eigenvalue weighted by atomic mass is 32.1. The first kappa shape index (κ1) is 19.7. The molecule has 2 aromatic carbocycles.